The first kappa shape index (κ1) is 13.9. The highest BCUT2D eigenvalue weighted by molar-refractivity contribution is 7.09. The van der Waals surface area contributed by atoms with Crippen LogP contribution in [0.25, 0.3) is 0 Å². The van der Waals surface area contributed by atoms with Crippen molar-refractivity contribution in [1.82, 2.24) is 20.1 Å². The third-order valence-corrected chi connectivity index (χ3v) is 4.22. The number of rotatable bonds is 6. The maximum atomic E-state index is 4.45. The van der Waals surface area contributed by atoms with E-state index in [-0.39, 0.29) is 0 Å². The summed E-state index contributed by atoms with van der Waals surface area (Å²) in [6.45, 7) is 10.1. The monoisotopic (exact) mass is 268 g/mol. The normalized spacial score (nSPS) is 18.3. The van der Waals surface area contributed by atoms with E-state index in [0.29, 0.717) is 0 Å². The zero-order valence-corrected chi connectivity index (χ0v) is 12.3. The van der Waals surface area contributed by atoms with Gasteiger partial charge in [-0.15, -0.1) is 11.3 Å². The van der Waals surface area contributed by atoms with Crippen molar-refractivity contribution >= 4 is 11.3 Å². The molecule has 1 aliphatic rings. The summed E-state index contributed by atoms with van der Waals surface area (Å²) < 4.78 is 0. The van der Waals surface area contributed by atoms with Gasteiger partial charge in [0, 0.05) is 38.1 Å². The lowest BCUT2D eigenvalue weighted by Crippen LogP contribution is -2.45. The van der Waals surface area contributed by atoms with Crippen LogP contribution in [0.3, 0.4) is 0 Å². The van der Waals surface area contributed by atoms with Gasteiger partial charge in [-0.1, -0.05) is 0 Å². The smallest absolute Gasteiger partial charge is 0.0897 e. The first-order valence-corrected chi connectivity index (χ1v) is 7.64. The van der Waals surface area contributed by atoms with Crippen LogP contribution < -0.4 is 5.32 Å². The molecule has 2 rings (SSSR count). The highest BCUT2D eigenvalue weighted by Crippen LogP contribution is 2.07. The Morgan fingerprint density at radius 1 is 1.33 bits per heavy atom. The van der Waals surface area contributed by atoms with E-state index in [4.69, 9.17) is 0 Å². The summed E-state index contributed by atoms with van der Waals surface area (Å²) in [6.07, 6.45) is 1.23. The van der Waals surface area contributed by atoms with Crippen LogP contribution in [-0.2, 0) is 6.54 Å². The first-order chi connectivity index (χ1) is 8.74. The van der Waals surface area contributed by atoms with E-state index in [2.05, 4.69) is 39.5 Å². The summed E-state index contributed by atoms with van der Waals surface area (Å²) in [4.78, 5) is 9.41. The first-order valence-electron chi connectivity index (χ1n) is 6.76. The molecule has 0 amide bonds. The van der Waals surface area contributed by atoms with Crippen molar-refractivity contribution in [2.24, 2.45) is 0 Å². The summed E-state index contributed by atoms with van der Waals surface area (Å²) >= 11 is 1.73. The van der Waals surface area contributed by atoms with E-state index >= 15 is 0 Å². The van der Waals surface area contributed by atoms with E-state index in [1.807, 2.05) is 0 Å². The summed E-state index contributed by atoms with van der Waals surface area (Å²) in [5, 5.41) is 6.77. The number of nitrogens with one attached hydrogen (secondary N) is 1. The van der Waals surface area contributed by atoms with Crippen molar-refractivity contribution in [3.8, 4) is 0 Å². The standard InChI is InChI=1S/C13H24N4S/c1-12-15-13(11-18-12)10-14-4-3-5-17-8-6-16(2)7-9-17/h11,14H,3-10H2,1-2H3. The Labute approximate surface area is 114 Å². The lowest BCUT2D eigenvalue weighted by molar-refractivity contribution is 0.152. The number of likely N-dealkylation sites (N-methyl/N-ethyl adjacent to an activating group) is 1. The maximum absolute atomic E-state index is 4.45. The van der Waals surface area contributed by atoms with Crippen LogP contribution in [0.2, 0.25) is 0 Å². The number of aryl methyl sites for hydroxylation is 1. The molecule has 0 aliphatic carbocycles. The predicted molar refractivity (Wildman–Crippen MR) is 77.1 cm³/mol. The Balaban J connectivity index is 1.51. The minimum atomic E-state index is 0.910. The molecule has 0 atom stereocenters. The summed E-state index contributed by atoms with van der Waals surface area (Å²) in [5.41, 5.74) is 1.18. The van der Waals surface area contributed by atoms with E-state index in [1.165, 1.54) is 44.8 Å². The number of piperazine rings is 1. The molecule has 0 spiro atoms. The van der Waals surface area contributed by atoms with Gasteiger partial charge in [0.1, 0.15) is 0 Å². The fourth-order valence-electron chi connectivity index (χ4n) is 2.21. The third kappa shape index (κ3) is 4.65. The van der Waals surface area contributed by atoms with Gasteiger partial charge in [0.25, 0.3) is 0 Å². The van der Waals surface area contributed by atoms with Gasteiger partial charge in [-0.25, -0.2) is 4.98 Å². The minimum Gasteiger partial charge on any atom is -0.311 e. The molecule has 18 heavy (non-hydrogen) atoms. The number of hydrogen-bond acceptors (Lipinski definition) is 5. The molecule has 0 saturated carbocycles. The van der Waals surface area contributed by atoms with E-state index in [9.17, 15) is 0 Å². The number of thiazole rings is 1. The number of nitrogens with zero attached hydrogens (tertiary/aromatic N) is 3. The van der Waals surface area contributed by atoms with Crippen LogP contribution in [-0.4, -0.2) is 61.1 Å². The summed E-state index contributed by atoms with van der Waals surface area (Å²) in [6, 6.07) is 0. The molecule has 2 heterocycles. The lowest BCUT2D eigenvalue weighted by atomic mass is 10.3. The quantitative estimate of drug-likeness (QED) is 0.785. The molecule has 4 nitrogen and oxygen atoms in total. The number of aromatic nitrogens is 1. The van der Waals surface area contributed by atoms with Crippen LogP contribution in [0.1, 0.15) is 17.1 Å². The number of hydrogen-bond donors (Lipinski definition) is 1. The fourth-order valence-corrected chi connectivity index (χ4v) is 2.82. The minimum absolute atomic E-state index is 0.910. The second-order valence-corrected chi connectivity index (χ2v) is 6.10. The molecule has 1 aromatic rings. The molecular formula is C13H24N4S. The molecule has 0 radical (unpaired) electrons. The highest BCUT2D eigenvalue weighted by Gasteiger charge is 2.12. The van der Waals surface area contributed by atoms with Crippen LogP contribution in [0.4, 0.5) is 0 Å². The summed E-state index contributed by atoms with van der Waals surface area (Å²) in [5.74, 6) is 0. The molecule has 1 aromatic heterocycles. The zero-order valence-electron chi connectivity index (χ0n) is 11.5. The lowest BCUT2D eigenvalue weighted by Gasteiger charge is -2.32. The van der Waals surface area contributed by atoms with Gasteiger partial charge in [0.05, 0.1) is 10.7 Å². The Morgan fingerprint density at radius 2 is 2.11 bits per heavy atom. The Hall–Kier alpha value is -0.490. The van der Waals surface area contributed by atoms with Crippen molar-refractivity contribution in [2.45, 2.75) is 19.9 Å². The van der Waals surface area contributed by atoms with E-state index in [1.54, 1.807) is 11.3 Å². The van der Waals surface area contributed by atoms with Gasteiger partial charge >= 0.3 is 0 Å². The molecular weight excluding hydrogens is 244 g/mol. The van der Waals surface area contributed by atoms with Crippen molar-refractivity contribution in [3.05, 3.63) is 16.1 Å². The molecule has 1 fully saturated rings. The van der Waals surface area contributed by atoms with Crippen LogP contribution >= 0.6 is 11.3 Å². The van der Waals surface area contributed by atoms with Crippen molar-refractivity contribution in [1.29, 1.82) is 0 Å². The average Bonchev–Trinajstić information content (AvgIpc) is 2.77. The Morgan fingerprint density at radius 3 is 2.78 bits per heavy atom. The predicted octanol–water partition coefficient (Wildman–Crippen LogP) is 1.18. The molecule has 1 saturated heterocycles. The van der Waals surface area contributed by atoms with Gasteiger partial charge < -0.3 is 15.1 Å². The maximum Gasteiger partial charge on any atom is 0.0897 e. The Kier molecular flexibility index (Phi) is 5.56. The van der Waals surface area contributed by atoms with Crippen molar-refractivity contribution in [2.75, 3.05) is 46.3 Å². The third-order valence-electron chi connectivity index (χ3n) is 3.40. The van der Waals surface area contributed by atoms with Gasteiger partial charge in [0.15, 0.2) is 0 Å². The molecule has 0 aromatic carbocycles. The molecule has 5 heteroatoms. The average molecular weight is 268 g/mol. The SMILES string of the molecule is Cc1nc(CNCCCN2CCN(C)CC2)cs1. The molecule has 0 unspecified atom stereocenters. The molecule has 0 bridgehead atoms. The molecule has 102 valence electrons. The van der Waals surface area contributed by atoms with Crippen LogP contribution in [0.5, 0.6) is 0 Å². The highest BCUT2D eigenvalue weighted by atomic mass is 32.1. The van der Waals surface area contributed by atoms with Gasteiger partial charge in [-0.2, -0.15) is 0 Å². The van der Waals surface area contributed by atoms with E-state index < -0.39 is 0 Å². The largest absolute Gasteiger partial charge is 0.311 e. The van der Waals surface area contributed by atoms with E-state index in [0.717, 1.165) is 18.1 Å². The van der Waals surface area contributed by atoms with Crippen LogP contribution in [0, 0.1) is 6.92 Å². The second-order valence-electron chi connectivity index (χ2n) is 5.03. The van der Waals surface area contributed by atoms with Crippen molar-refractivity contribution in [3.63, 3.8) is 0 Å². The molecule has 1 N–H and O–H groups in total. The van der Waals surface area contributed by atoms with Crippen molar-refractivity contribution < 1.29 is 0 Å². The molecule has 1 aliphatic heterocycles. The second kappa shape index (κ2) is 7.19. The fraction of sp³-hybridized carbons (Fsp3) is 0.769. The van der Waals surface area contributed by atoms with Gasteiger partial charge in [-0.3, -0.25) is 0 Å². The topological polar surface area (TPSA) is 31.4 Å². The summed E-state index contributed by atoms with van der Waals surface area (Å²) in [7, 11) is 2.20. The van der Waals surface area contributed by atoms with Gasteiger partial charge in [-0.05, 0) is 33.5 Å². The van der Waals surface area contributed by atoms with Crippen LogP contribution in [0.15, 0.2) is 5.38 Å². The van der Waals surface area contributed by atoms with Gasteiger partial charge in [0.2, 0.25) is 0 Å². The zero-order chi connectivity index (χ0) is 12.8. The Bertz CT molecular complexity index is 345.